The van der Waals surface area contributed by atoms with E-state index < -0.39 is 5.97 Å². The van der Waals surface area contributed by atoms with Gasteiger partial charge in [0.25, 0.3) is 0 Å². The van der Waals surface area contributed by atoms with Crippen LogP contribution in [0.4, 0.5) is 0 Å². The van der Waals surface area contributed by atoms with Crippen LogP contribution in [0.3, 0.4) is 0 Å². The van der Waals surface area contributed by atoms with Crippen LogP contribution in [0.5, 0.6) is 0 Å². The number of aromatic carboxylic acids is 1. The van der Waals surface area contributed by atoms with Crippen molar-refractivity contribution in [3.8, 4) is 0 Å². The van der Waals surface area contributed by atoms with Gasteiger partial charge in [0.15, 0.2) is 0 Å². The molecule has 14 heavy (non-hydrogen) atoms. The number of hydrogen-bond acceptors (Lipinski definition) is 3. The average Bonchev–Trinajstić information content (AvgIpc) is 2.04. The number of rotatable bonds is 3. The molecule has 0 aromatic heterocycles. The summed E-state index contributed by atoms with van der Waals surface area (Å²) in [4.78, 5) is 12.4. The second-order valence-corrected chi connectivity index (χ2v) is 3.22. The van der Waals surface area contributed by atoms with Crippen molar-refractivity contribution in [2.45, 2.75) is 6.54 Å². The van der Waals surface area contributed by atoms with E-state index in [0.717, 1.165) is 12.1 Å². The molecule has 0 unspecified atom stereocenters. The number of carbonyl (C=O) groups excluding carboxylic acids is 1. The molecule has 0 amide bonds. The molecule has 0 atom stereocenters. The van der Waals surface area contributed by atoms with E-state index in [4.69, 9.17) is 0 Å². The van der Waals surface area contributed by atoms with E-state index in [1.54, 1.807) is 24.3 Å². The number of carboxylic acids is 1. The second kappa shape index (κ2) is 5.87. The molecule has 3 nitrogen and oxygen atoms in total. The maximum atomic E-state index is 10.4. The van der Waals surface area contributed by atoms with Gasteiger partial charge in [0.05, 0.1) is 5.97 Å². The number of carbonyl (C=O) groups is 1. The summed E-state index contributed by atoms with van der Waals surface area (Å²) in [6, 6.07) is 6.72. The molecule has 4 heteroatoms. The van der Waals surface area contributed by atoms with Gasteiger partial charge < -0.3 is 14.8 Å². The Morgan fingerprint density at radius 3 is 2.14 bits per heavy atom. The summed E-state index contributed by atoms with van der Waals surface area (Å²) in [7, 11) is 3.93. The molecule has 0 saturated heterocycles. The first kappa shape index (κ1) is 13.2. The predicted molar refractivity (Wildman–Crippen MR) is 48.2 cm³/mol. The molecule has 0 saturated carbocycles. The van der Waals surface area contributed by atoms with Crippen LogP contribution in [0.2, 0.25) is 0 Å². The molecular formula is C10H12LiNO2. The van der Waals surface area contributed by atoms with Crippen molar-refractivity contribution in [2.75, 3.05) is 14.1 Å². The summed E-state index contributed by atoms with van der Waals surface area (Å²) in [6.45, 7) is 0.813. The molecule has 0 aliphatic carbocycles. The minimum absolute atomic E-state index is 0. The Kier molecular flexibility index (Phi) is 5.55. The summed E-state index contributed by atoms with van der Waals surface area (Å²) >= 11 is 0. The fourth-order valence-corrected chi connectivity index (χ4v) is 1.11. The zero-order chi connectivity index (χ0) is 9.84. The van der Waals surface area contributed by atoms with E-state index >= 15 is 0 Å². The zero-order valence-corrected chi connectivity index (χ0v) is 8.78. The number of carboxylic acid groups (broad SMARTS) is 1. The van der Waals surface area contributed by atoms with E-state index in [2.05, 4.69) is 0 Å². The van der Waals surface area contributed by atoms with Gasteiger partial charge in [-0.15, -0.1) is 0 Å². The van der Waals surface area contributed by atoms with Gasteiger partial charge >= 0.3 is 18.9 Å². The van der Waals surface area contributed by atoms with Gasteiger partial charge in [0, 0.05) is 6.54 Å². The largest absolute Gasteiger partial charge is 1.00 e. The molecule has 0 spiro atoms. The van der Waals surface area contributed by atoms with Crippen molar-refractivity contribution < 1.29 is 28.8 Å². The number of benzene rings is 1. The van der Waals surface area contributed by atoms with Crippen molar-refractivity contribution >= 4 is 5.97 Å². The fraction of sp³-hybridized carbons (Fsp3) is 0.300. The average molecular weight is 185 g/mol. The van der Waals surface area contributed by atoms with E-state index in [9.17, 15) is 9.90 Å². The zero-order valence-electron chi connectivity index (χ0n) is 8.78. The van der Waals surface area contributed by atoms with E-state index in [-0.39, 0.29) is 24.4 Å². The van der Waals surface area contributed by atoms with Crippen LogP contribution in [0, 0.1) is 0 Å². The Bertz CT molecular complexity index is 295. The summed E-state index contributed by atoms with van der Waals surface area (Å²) in [6.07, 6.45) is 0. The van der Waals surface area contributed by atoms with Gasteiger partial charge in [-0.1, -0.05) is 24.3 Å². The molecule has 0 N–H and O–H groups in total. The predicted octanol–water partition coefficient (Wildman–Crippen LogP) is -2.88. The Labute approximate surface area is 95.9 Å². The first-order valence-electron chi connectivity index (χ1n) is 4.04. The van der Waals surface area contributed by atoms with Crippen LogP contribution < -0.4 is 24.0 Å². The van der Waals surface area contributed by atoms with Crippen LogP contribution in [0.15, 0.2) is 24.3 Å². The maximum Gasteiger partial charge on any atom is 1.00 e. The minimum atomic E-state index is -1.13. The summed E-state index contributed by atoms with van der Waals surface area (Å²) < 4.78 is 0. The molecule has 1 aromatic rings. The molecule has 0 heterocycles. The van der Waals surface area contributed by atoms with Crippen LogP contribution in [-0.2, 0) is 6.54 Å². The Morgan fingerprint density at radius 2 is 1.79 bits per heavy atom. The van der Waals surface area contributed by atoms with Crippen molar-refractivity contribution in [3.05, 3.63) is 35.4 Å². The molecule has 0 radical (unpaired) electrons. The summed E-state index contributed by atoms with van der Waals surface area (Å²) in [5.41, 5.74) is 1.32. The molecule has 0 aliphatic heterocycles. The monoisotopic (exact) mass is 185 g/mol. The van der Waals surface area contributed by atoms with Crippen LogP contribution in [0.25, 0.3) is 0 Å². The third-order valence-corrected chi connectivity index (χ3v) is 1.69. The van der Waals surface area contributed by atoms with E-state index in [1.807, 2.05) is 19.0 Å². The summed E-state index contributed by atoms with van der Waals surface area (Å²) in [5.74, 6) is -1.13. The normalized spacial score (nSPS) is 9.64. The first-order valence-corrected chi connectivity index (χ1v) is 4.04. The van der Waals surface area contributed by atoms with Crippen LogP contribution in [0.1, 0.15) is 15.9 Å². The molecule has 0 fully saturated rings. The van der Waals surface area contributed by atoms with Gasteiger partial charge in [-0.3, -0.25) is 0 Å². The Balaban J connectivity index is 0.00000169. The van der Waals surface area contributed by atoms with Crippen LogP contribution >= 0.6 is 0 Å². The van der Waals surface area contributed by atoms with Gasteiger partial charge in [0.2, 0.25) is 0 Å². The SMILES string of the molecule is CN(C)Cc1ccc(C(=O)[O-])cc1.[Li+]. The van der Waals surface area contributed by atoms with Crippen molar-refractivity contribution in [3.63, 3.8) is 0 Å². The fourth-order valence-electron chi connectivity index (χ4n) is 1.11. The van der Waals surface area contributed by atoms with Gasteiger partial charge in [0.1, 0.15) is 0 Å². The van der Waals surface area contributed by atoms with Crippen molar-refractivity contribution in [2.24, 2.45) is 0 Å². The van der Waals surface area contributed by atoms with Gasteiger partial charge in [-0.05, 0) is 25.2 Å². The number of hydrogen-bond donors (Lipinski definition) is 0. The Morgan fingerprint density at radius 1 is 1.29 bits per heavy atom. The van der Waals surface area contributed by atoms with Crippen molar-refractivity contribution in [1.82, 2.24) is 4.90 Å². The van der Waals surface area contributed by atoms with Crippen LogP contribution in [-0.4, -0.2) is 25.0 Å². The first-order chi connectivity index (χ1) is 6.09. The van der Waals surface area contributed by atoms with Gasteiger partial charge in [-0.2, -0.15) is 0 Å². The van der Waals surface area contributed by atoms with Gasteiger partial charge in [-0.25, -0.2) is 0 Å². The number of nitrogens with zero attached hydrogens (tertiary/aromatic N) is 1. The second-order valence-electron chi connectivity index (χ2n) is 3.22. The molecule has 0 aliphatic rings. The molecular weight excluding hydrogens is 173 g/mol. The third kappa shape index (κ3) is 3.97. The Hall–Kier alpha value is -0.753. The van der Waals surface area contributed by atoms with Crippen molar-refractivity contribution in [1.29, 1.82) is 0 Å². The molecule has 1 aromatic carbocycles. The summed E-state index contributed by atoms with van der Waals surface area (Å²) in [5, 5.41) is 10.4. The quantitative estimate of drug-likeness (QED) is 0.475. The standard InChI is InChI=1S/C10H13NO2.Li/c1-11(2)7-8-3-5-9(6-4-8)10(12)13;/h3-6H,7H2,1-2H3,(H,12,13);/q;+1/p-1. The molecule has 0 bridgehead atoms. The molecule has 1 rings (SSSR count). The van der Waals surface area contributed by atoms with E-state index in [0.29, 0.717) is 0 Å². The topological polar surface area (TPSA) is 43.4 Å². The van der Waals surface area contributed by atoms with E-state index in [1.165, 1.54) is 0 Å². The minimum Gasteiger partial charge on any atom is -0.545 e. The molecule has 70 valence electrons. The third-order valence-electron chi connectivity index (χ3n) is 1.69. The smallest absolute Gasteiger partial charge is 0.545 e. The maximum absolute atomic E-state index is 10.4.